The van der Waals surface area contributed by atoms with Crippen LogP contribution in [0.4, 0.5) is 0 Å². The zero-order chi connectivity index (χ0) is 11.5. The average Bonchev–Trinajstić information content (AvgIpc) is 2.68. The number of hydrogen-bond acceptors (Lipinski definition) is 1. The fourth-order valence-corrected chi connectivity index (χ4v) is 2.76. The van der Waals surface area contributed by atoms with Crippen LogP contribution >= 0.6 is 11.6 Å². The molecule has 0 heterocycles. The van der Waals surface area contributed by atoms with E-state index in [4.69, 9.17) is 11.6 Å². The Balaban J connectivity index is 1.91. The zero-order valence-electron chi connectivity index (χ0n) is 9.70. The molecule has 0 spiro atoms. The second-order valence-corrected chi connectivity index (χ2v) is 5.51. The maximum atomic E-state index is 10.2. The van der Waals surface area contributed by atoms with Crippen molar-refractivity contribution in [2.75, 3.05) is 0 Å². The van der Waals surface area contributed by atoms with Gasteiger partial charge in [0.15, 0.2) is 0 Å². The van der Waals surface area contributed by atoms with Gasteiger partial charge in [-0.15, -0.1) is 0 Å². The normalized spacial score (nSPS) is 26.9. The summed E-state index contributed by atoms with van der Waals surface area (Å²) in [5.41, 5.74) is 1.18. The Morgan fingerprint density at radius 2 is 2.00 bits per heavy atom. The first-order chi connectivity index (χ1) is 7.65. The zero-order valence-corrected chi connectivity index (χ0v) is 10.5. The molecule has 16 heavy (non-hydrogen) atoms. The number of benzene rings is 1. The Hall–Kier alpha value is -0.530. The van der Waals surface area contributed by atoms with Crippen molar-refractivity contribution >= 4 is 11.6 Å². The molecule has 0 amide bonds. The SMILES string of the molecule is CC1CCC(C(O)Cc2ccc(Cl)cc2)C1. The number of hydrogen-bond donors (Lipinski definition) is 1. The first-order valence-corrected chi connectivity index (χ1v) is 6.45. The van der Waals surface area contributed by atoms with E-state index in [1.54, 1.807) is 0 Å². The molecule has 3 atom stereocenters. The number of halogens is 1. The number of rotatable bonds is 3. The number of aliphatic hydroxyl groups is 1. The third kappa shape index (κ3) is 2.99. The van der Waals surface area contributed by atoms with Gasteiger partial charge in [-0.25, -0.2) is 0 Å². The monoisotopic (exact) mass is 238 g/mol. The molecular weight excluding hydrogens is 220 g/mol. The van der Waals surface area contributed by atoms with Gasteiger partial charge in [0.25, 0.3) is 0 Å². The second-order valence-electron chi connectivity index (χ2n) is 5.08. The molecule has 0 aliphatic heterocycles. The molecular formula is C14H19ClO. The van der Waals surface area contributed by atoms with Gasteiger partial charge >= 0.3 is 0 Å². The first kappa shape index (κ1) is 11.9. The van der Waals surface area contributed by atoms with Crippen molar-refractivity contribution in [3.05, 3.63) is 34.9 Å². The molecule has 2 rings (SSSR count). The molecule has 1 nitrogen and oxygen atoms in total. The largest absolute Gasteiger partial charge is 0.392 e. The highest BCUT2D eigenvalue weighted by Crippen LogP contribution is 2.33. The summed E-state index contributed by atoms with van der Waals surface area (Å²) in [6.07, 6.45) is 4.19. The lowest BCUT2D eigenvalue weighted by Crippen LogP contribution is -2.20. The van der Waals surface area contributed by atoms with Crippen LogP contribution in [0.15, 0.2) is 24.3 Å². The van der Waals surface area contributed by atoms with Crippen LogP contribution in [0.1, 0.15) is 31.7 Å². The molecule has 2 heteroatoms. The molecule has 0 radical (unpaired) electrons. The molecule has 1 aliphatic rings. The summed E-state index contributed by atoms with van der Waals surface area (Å²) in [4.78, 5) is 0. The molecule has 1 aliphatic carbocycles. The minimum absolute atomic E-state index is 0.189. The van der Waals surface area contributed by atoms with Crippen LogP contribution in [0.5, 0.6) is 0 Å². The van der Waals surface area contributed by atoms with Crippen LogP contribution in [0.25, 0.3) is 0 Å². The predicted molar refractivity (Wildman–Crippen MR) is 67.7 cm³/mol. The van der Waals surface area contributed by atoms with E-state index in [2.05, 4.69) is 6.92 Å². The Labute approximate surface area is 102 Å². The van der Waals surface area contributed by atoms with Gasteiger partial charge in [-0.2, -0.15) is 0 Å². The standard InChI is InChI=1S/C14H19ClO/c1-10-2-5-12(8-10)14(16)9-11-3-6-13(15)7-4-11/h3-4,6-7,10,12,14,16H,2,5,8-9H2,1H3. The van der Waals surface area contributed by atoms with E-state index in [0.29, 0.717) is 5.92 Å². The lowest BCUT2D eigenvalue weighted by molar-refractivity contribution is 0.109. The van der Waals surface area contributed by atoms with Crippen molar-refractivity contribution in [1.29, 1.82) is 0 Å². The van der Waals surface area contributed by atoms with Gasteiger partial charge in [0, 0.05) is 5.02 Å². The predicted octanol–water partition coefficient (Wildman–Crippen LogP) is 3.68. The minimum atomic E-state index is -0.189. The summed E-state index contributed by atoms with van der Waals surface area (Å²) in [6.45, 7) is 2.27. The van der Waals surface area contributed by atoms with E-state index in [9.17, 15) is 5.11 Å². The summed E-state index contributed by atoms with van der Waals surface area (Å²) in [7, 11) is 0. The Bertz CT molecular complexity index is 333. The molecule has 1 N–H and O–H groups in total. The van der Waals surface area contributed by atoms with Crippen molar-refractivity contribution in [3.63, 3.8) is 0 Å². The fraction of sp³-hybridized carbons (Fsp3) is 0.571. The molecule has 1 fully saturated rings. The van der Waals surface area contributed by atoms with E-state index in [1.165, 1.54) is 24.8 Å². The van der Waals surface area contributed by atoms with Crippen LogP contribution in [-0.4, -0.2) is 11.2 Å². The highest BCUT2D eigenvalue weighted by Gasteiger charge is 2.27. The van der Waals surface area contributed by atoms with Gasteiger partial charge in [0.2, 0.25) is 0 Å². The van der Waals surface area contributed by atoms with Crippen LogP contribution in [0.2, 0.25) is 5.02 Å². The molecule has 1 aromatic carbocycles. The highest BCUT2D eigenvalue weighted by molar-refractivity contribution is 6.30. The third-order valence-electron chi connectivity index (χ3n) is 3.64. The summed E-state index contributed by atoms with van der Waals surface area (Å²) >= 11 is 5.83. The highest BCUT2D eigenvalue weighted by atomic mass is 35.5. The summed E-state index contributed by atoms with van der Waals surface area (Å²) in [5.74, 6) is 1.27. The van der Waals surface area contributed by atoms with E-state index >= 15 is 0 Å². The molecule has 3 unspecified atom stereocenters. The molecule has 0 bridgehead atoms. The summed E-state index contributed by atoms with van der Waals surface area (Å²) in [6, 6.07) is 7.79. The minimum Gasteiger partial charge on any atom is -0.392 e. The Morgan fingerprint density at radius 1 is 1.31 bits per heavy atom. The quantitative estimate of drug-likeness (QED) is 0.852. The summed E-state index contributed by atoms with van der Waals surface area (Å²) in [5, 5.41) is 10.9. The van der Waals surface area contributed by atoms with Crippen molar-refractivity contribution in [2.45, 2.75) is 38.7 Å². The molecule has 1 aromatic rings. The first-order valence-electron chi connectivity index (χ1n) is 6.07. The third-order valence-corrected chi connectivity index (χ3v) is 3.89. The Kier molecular flexibility index (Phi) is 3.88. The van der Waals surface area contributed by atoms with Crippen molar-refractivity contribution < 1.29 is 5.11 Å². The smallest absolute Gasteiger partial charge is 0.0608 e. The second kappa shape index (κ2) is 5.20. The van der Waals surface area contributed by atoms with Crippen LogP contribution in [0, 0.1) is 11.8 Å². The number of aliphatic hydroxyl groups excluding tert-OH is 1. The maximum Gasteiger partial charge on any atom is 0.0608 e. The molecule has 0 saturated heterocycles. The van der Waals surface area contributed by atoms with E-state index < -0.39 is 0 Å². The van der Waals surface area contributed by atoms with Gasteiger partial charge in [-0.1, -0.05) is 37.1 Å². The van der Waals surface area contributed by atoms with E-state index in [-0.39, 0.29) is 6.10 Å². The van der Waals surface area contributed by atoms with E-state index in [1.807, 2.05) is 24.3 Å². The van der Waals surface area contributed by atoms with Crippen molar-refractivity contribution in [2.24, 2.45) is 11.8 Å². The fourth-order valence-electron chi connectivity index (χ4n) is 2.63. The van der Waals surface area contributed by atoms with E-state index in [0.717, 1.165) is 17.4 Å². The molecule has 1 saturated carbocycles. The molecule has 0 aromatic heterocycles. The van der Waals surface area contributed by atoms with Gasteiger partial charge < -0.3 is 5.11 Å². The lowest BCUT2D eigenvalue weighted by atomic mass is 9.94. The van der Waals surface area contributed by atoms with Gasteiger partial charge in [0.05, 0.1) is 6.10 Å². The lowest BCUT2D eigenvalue weighted by Gasteiger charge is -2.18. The average molecular weight is 239 g/mol. The summed E-state index contributed by atoms with van der Waals surface area (Å²) < 4.78 is 0. The topological polar surface area (TPSA) is 20.2 Å². The Morgan fingerprint density at radius 3 is 2.56 bits per heavy atom. The van der Waals surface area contributed by atoms with Crippen LogP contribution in [0.3, 0.4) is 0 Å². The van der Waals surface area contributed by atoms with Gasteiger partial charge in [-0.3, -0.25) is 0 Å². The van der Waals surface area contributed by atoms with Crippen molar-refractivity contribution in [1.82, 2.24) is 0 Å². The maximum absolute atomic E-state index is 10.2. The van der Waals surface area contributed by atoms with Crippen LogP contribution < -0.4 is 0 Å². The molecule has 88 valence electrons. The van der Waals surface area contributed by atoms with Gasteiger partial charge in [0.1, 0.15) is 0 Å². The van der Waals surface area contributed by atoms with Crippen molar-refractivity contribution in [3.8, 4) is 0 Å². The van der Waals surface area contributed by atoms with Gasteiger partial charge in [-0.05, 0) is 48.8 Å². The van der Waals surface area contributed by atoms with Crippen LogP contribution in [-0.2, 0) is 6.42 Å².